The lowest BCUT2D eigenvalue weighted by atomic mass is 10.1. The van der Waals surface area contributed by atoms with Gasteiger partial charge in [0, 0.05) is 30.6 Å². The van der Waals surface area contributed by atoms with Crippen LogP contribution < -0.4 is 15.8 Å². The highest BCUT2D eigenvalue weighted by molar-refractivity contribution is 5.88. The van der Waals surface area contributed by atoms with Crippen LogP contribution >= 0.6 is 0 Å². The van der Waals surface area contributed by atoms with Gasteiger partial charge < -0.3 is 25.6 Å². The van der Waals surface area contributed by atoms with Gasteiger partial charge in [0.25, 0.3) is 0 Å². The Kier molecular flexibility index (Phi) is 5.50. The zero-order chi connectivity index (χ0) is 19.2. The number of benzene rings is 1. The Morgan fingerprint density at radius 2 is 2.26 bits per heavy atom. The number of carbonyl (C=O) groups is 1. The first-order valence-electron chi connectivity index (χ1n) is 8.27. The Bertz CT molecular complexity index is 982. The number of H-pyrrole nitrogens is 1. The van der Waals surface area contributed by atoms with Crippen LogP contribution in [0.1, 0.15) is 18.1 Å². The van der Waals surface area contributed by atoms with E-state index in [4.69, 9.17) is 15.3 Å². The van der Waals surface area contributed by atoms with Gasteiger partial charge in [-0.15, -0.1) is 0 Å². The molecule has 140 valence electrons. The Labute approximate surface area is 155 Å². The van der Waals surface area contributed by atoms with Crippen molar-refractivity contribution >= 4 is 28.8 Å². The Morgan fingerprint density at radius 1 is 1.41 bits per heavy atom. The van der Waals surface area contributed by atoms with Crippen LogP contribution in [-0.2, 0) is 16.1 Å². The van der Waals surface area contributed by atoms with Gasteiger partial charge in [-0.25, -0.2) is 9.97 Å². The zero-order valence-electron chi connectivity index (χ0n) is 15.0. The molecule has 0 radical (unpaired) electrons. The Morgan fingerprint density at radius 3 is 3.04 bits per heavy atom. The number of carbonyl (C=O) groups excluding carboxylic acids is 1. The number of aromatic nitrogens is 3. The molecule has 0 fully saturated rings. The number of anilines is 1. The van der Waals surface area contributed by atoms with Crippen molar-refractivity contribution in [2.45, 2.75) is 13.3 Å². The number of fused-ring (bicyclic) bond motifs is 1. The first-order chi connectivity index (χ1) is 13.1. The molecule has 0 aliphatic rings. The Hall–Kier alpha value is -3.62. The number of oxime groups is 1. The van der Waals surface area contributed by atoms with Gasteiger partial charge in [-0.05, 0) is 30.2 Å². The van der Waals surface area contributed by atoms with Gasteiger partial charge in [-0.1, -0.05) is 5.16 Å². The van der Waals surface area contributed by atoms with Crippen molar-refractivity contribution in [1.29, 1.82) is 0 Å². The molecule has 0 saturated carbocycles. The number of nitrogens with zero attached hydrogens (tertiary/aromatic N) is 3. The molecule has 2 heterocycles. The van der Waals surface area contributed by atoms with Crippen LogP contribution in [0.25, 0.3) is 10.9 Å². The SMILES string of the molecule is CON=Cc1c(N)ncnc1Oc1ccc2[nH]cc(CCNC(C)=O)c2c1. The van der Waals surface area contributed by atoms with E-state index in [1.165, 1.54) is 26.6 Å². The van der Waals surface area contributed by atoms with Crippen LogP contribution in [0.3, 0.4) is 0 Å². The summed E-state index contributed by atoms with van der Waals surface area (Å²) in [5.41, 5.74) is 8.36. The molecule has 0 bridgehead atoms. The van der Waals surface area contributed by atoms with Gasteiger partial charge in [0.05, 0.1) is 6.21 Å². The fraction of sp³-hybridized carbons (Fsp3) is 0.222. The van der Waals surface area contributed by atoms with E-state index in [0.717, 1.165) is 16.5 Å². The molecule has 9 nitrogen and oxygen atoms in total. The highest BCUT2D eigenvalue weighted by atomic mass is 16.6. The van der Waals surface area contributed by atoms with Crippen LogP contribution in [0.4, 0.5) is 5.82 Å². The van der Waals surface area contributed by atoms with Crippen LogP contribution in [-0.4, -0.2) is 40.7 Å². The lowest BCUT2D eigenvalue weighted by Gasteiger charge is -2.09. The zero-order valence-corrected chi connectivity index (χ0v) is 15.0. The van der Waals surface area contributed by atoms with Crippen LogP contribution in [0.5, 0.6) is 11.6 Å². The van der Waals surface area contributed by atoms with E-state index in [0.29, 0.717) is 24.3 Å². The molecule has 1 amide bonds. The second kappa shape index (κ2) is 8.17. The van der Waals surface area contributed by atoms with E-state index < -0.39 is 0 Å². The standard InChI is InChI=1S/C18H20N6O3/c1-11(25)20-6-5-12-8-21-16-4-3-13(7-14(12)16)27-18-15(9-24-26-2)17(19)22-10-23-18/h3-4,7-10,21H,5-6H2,1-2H3,(H,20,25)(H2,19,22,23). The highest BCUT2D eigenvalue weighted by Gasteiger charge is 2.12. The van der Waals surface area contributed by atoms with Gasteiger partial charge in [-0.2, -0.15) is 0 Å². The van der Waals surface area contributed by atoms with E-state index in [2.05, 4.69) is 25.4 Å². The van der Waals surface area contributed by atoms with Gasteiger partial charge in [0.15, 0.2) is 0 Å². The number of hydrogen-bond donors (Lipinski definition) is 3. The number of nitrogens with one attached hydrogen (secondary N) is 2. The maximum absolute atomic E-state index is 11.0. The molecule has 1 aromatic carbocycles. The molecule has 27 heavy (non-hydrogen) atoms. The third-order valence-corrected chi connectivity index (χ3v) is 3.89. The van der Waals surface area contributed by atoms with E-state index in [9.17, 15) is 4.79 Å². The summed E-state index contributed by atoms with van der Waals surface area (Å²) in [7, 11) is 1.43. The maximum atomic E-state index is 11.0. The highest BCUT2D eigenvalue weighted by Crippen LogP contribution is 2.29. The summed E-state index contributed by atoms with van der Waals surface area (Å²) in [5, 5.41) is 7.51. The third kappa shape index (κ3) is 4.32. The number of aromatic amines is 1. The number of hydrogen-bond acceptors (Lipinski definition) is 7. The average molecular weight is 368 g/mol. The minimum atomic E-state index is -0.0505. The lowest BCUT2D eigenvalue weighted by Crippen LogP contribution is -2.22. The lowest BCUT2D eigenvalue weighted by molar-refractivity contribution is -0.118. The normalized spacial score (nSPS) is 11.0. The van der Waals surface area contributed by atoms with Crippen LogP contribution in [0, 0.1) is 0 Å². The van der Waals surface area contributed by atoms with E-state index in [1.54, 1.807) is 0 Å². The second-order valence-corrected chi connectivity index (χ2v) is 5.75. The molecular weight excluding hydrogens is 348 g/mol. The molecule has 0 saturated heterocycles. The molecule has 0 spiro atoms. The van der Waals surface area contributed by atoms with Gasteiger partial charge >= 0.3 is 0 Å². The topological polar surface area (TPSA) is 128 Å². The number of amides is 1. The van der Waals surface area contributed by atoms with E-state index >= 15 is 0 Å². The predicted molar refractivity (Wildman–Crippen MR) is 102 cm³/mol. The van der Waals surface area contributed by atoms with E-state index in [-0.39, 0.29) is 17.6 Å². The fourth-order valence-corrected chi connectivity index (χ4v) is 2.61. The summed E-state index contributed by atoms with van der Waals surface area (Å²) in [5.74, 6) is 1.05. The summed E-state index contributed by atoms with van der Waals surface area (Å²) in [6, 6.07) is 5.65. The minimum absolute atomic E-state index is 0.0505. The van der Waals surface area contributed by atoms with Gasteiger partial charge in [-0.3, -0.25) is 4.79 Å². The number of nitrogen functional groups attached to an aromatic ring is 1. The molecule has 0 atom stereocenters. The summed E-state index contributed by atoms with van der Waals surface area (Å²) in [6.45, 7) is 2.06. The van der Waals surface area contributed by atoms with Crippen molar-refractivity contribution in [1.82, 2.24) is 20.3 Å². The average Bonchev–Trinajstić information content (AvgIpc) is 3.03. The van der Waals surface area contributed by atoms with Gasteiger partial charge in [0.1, 0.15) is 30.6 Å². The molecule has 0 aliphatic carbocycles. The van der Waals surface area contributed by atoms with Gasteiger partial charge in [0.2, 0.25) is 11.8 Å². The molecule has 0 aliphatic heterocycles. The monoisotopic (exact) mass is 368 g/mol. The number of nitrogens with two attached hydrogens (primary N) is 1. The molecule has 3 aromatic rings. The molecule has 0 unspecified atom stereocenters. The Balaban J connectivity index is 1.87. The molecular formula is C18H20N6O3. The molecule has 3 rings (SSSR count). The largest absolute Gasteiger partial charge is 0.438 e. The fourth-order valence-electron chi connectivity index (χ4n) is 2.61. The maximum Gasteiger partial charge on any atom is 0.233 e. The number of rotatable bonds is 7. The van der Waals surface area contributed by atoms with Crippen molar-refractivity contribution < 1.29 is 14.4 Å². The predicted octanol–water partition coefficient (Wildman–Crippen LogP) is 1.99. The van der Waals surface area contributed by atoms with Crippen molar-refractivity contribution in [2.75, 3.05) is 19.4 Å². The summed E-state index contributed by atoms with van der Waals surface area (Å²) < 4.78 is 5.90. The third-order valence-electron chi connectivity index (χ3n) is 3.89. The number of ether oxygens (including phenoxy) is 1. The first-order valence-corrected chi connectivity index (χ1v) is 8.27. The van der Waals surface area contributed by atoms with Crippen molar-refractivity contribution in [3.05, 3.63) is 41.9 Å². The minimum Gasteiger partial charge on any atom is -0.438 e. The quantitative estimate of drug-likeness (QED) is 0.432. The second-order valence-electron chi connectivity index (χ2n) is 5.75. The molecule has 2 aromatic heterocycles. The van der Waals surface area contributed by atoms with Crippen molar-refractivity contribution in [3.8, 4) is 11.6 Å². The summed E-state index contributed by atoms with van der Waals surface area (Å²) >= 11 is 0. The smallest absolute Gasteiger partial charge is 0.233 e. The van der Waals surface area contributed by atoms with Crippen molar-refractivity contribution in [3.63, 3.8) is 0 Å². The summed E-state index contributed by atoms with van der Waals surface area (Å²) in [4.78, 5) is 27.0. The molecule has 4 N–H and O–H groups in total. The van der Waals surface area contributed by atoms with Crippen LogP contribution in [0.2, 0.25) is 0 Å². The van der Waals surface area contributed by atoms with Crippen molar-refractivity contribution in [2.24, 2.45) is 5.16 Å². The first kappa shape index (κ1) is 18.2. The van der Waals surface area contributed by atoms with E-state index in [1.807, 2.05) is 24.4 Å². The molecule has 9 heteroatoms. The van der Waals surface area contributed by atoms with Crippen LogP contribution in [0.15, 0.2) is 35.9 Å². The summed E-state index contributed by atoms with van der Waals surface area (Å²) in [6.07, 6.45) is 5.35.